The van der Waals surface area contributed by atoms with Crippen molar-refractivity contribution < 1.29 is 18.9 Å². The lowest BCUT2D eigenvalue weighted by Crippen LogP contribution is -2.12. The number of hydrogen-bond acceptors (Lipinski definition) is 5. The highest BCUT2D eigenvalue weighted by molar-refractivity contribution is 5.57. The SMILES string of the molecule is COCCOCCOCCOc1cccc(C)c1N. The monoisotopic (exact) mass is 269 g/mol. The molecular formula is C14H23NO4. The second-order valence-electron chi connectivity index (χ2n) is 4.05. The maximum atomic E-state index is 5.89. The van der Waals surface area contributed by atoms with Gasteiger partial charge in [0.05, 0.1) is 38.7 Å². The minimum Gasteiger partial charge on any atom is -0.489 e. The summed E-state index contributed by atoms with van der Waals surface area (Å²) >= 11 is 0. The molecule has 5 nitrogen and oxygen atoms in total. The highest BCUT2D eigenvalue weighted by atomic mass is 16.6. The Hall–Kier alpha value is -1.30. The van der Waals surface area contributed by atoms with Crippen molar-refractivity contribution in [1.29, 1.82) is 0 Å². The fourth-order valence-electron chi connectivity index (χ4n) is 1.45. The molecule has 0 aliphatic carbocycles. The molecule has 19 heavy (non-hydrogen) atoms. The van der Waals surface area contributed by atoms with Gasteiger partial charge in [0.15, 0.2) is 0 Å². The average Bonchev–Trinajstić information content (AvgIpc) is 2.41. The number of para-hydroxylation sites is 1. The average molecular weight is 269 g/mol. The predicted octanol–water partition coefficient (Wildman–Crippen LogP) is 1.64. The minimum atomic E-state index is 0.478. The Labute approximate surface area is 114 Å². The van der Waals surface area contributed by atoms with Crippen LogP contribution in [0, 0.1) is 6.92 Å². The zero-order valence-corrected chi connectivity index (χ0v) is 11.7. The van der Waals surface area contributed by atoms with Crippen LogP contribution in [-0.2, 0) is 14.2 Å². The Morgan fingerprint density at radius 1 is 0.947 bits per heavy atom. The maximum absolute atomic E-state index is 5.89. The largest absolute Gasteiger partial charge is 0.489 e. The minimum absolute atomic E-state index is 0.478. The maximum Gasteiger partial charge on any atom is 0.142 e. The normalized spacial score (nSPS) is 10.6. The molecule has 2 N–H and O–H groups in total. The Balaban J connectivity index is 2.03. The molecule has 0 heterocycles. The Morgan fingerprint density at radius 2 is 1.58 bits per heavy atom. The van der Waals surface area contributed by atoms with Crippen LogP contribution in [0.2, 0.25) is 0 Å². The fraction of sp³-hybridized carbons (Fsp3) is 0.571. The molecule has 5 heteroatoms. The molecule has 0 atom stereocenters. The van der Waals surface area contributed by atoms with Gasteiger partial charge in [0.25, 0.3) is 0 Å². The first-order valence-corrected chi connectivity index (χ1v) is 6.38. The van der Waals surface area contributed by atoms with E-state index < -0.39 is 0 Å². The number of rotatable bonds is 10. The van der Waals surface area contributed by atoms with E-state index in [0.29, 0.717) is 51.1 Å². The molecule has 0 bridgehead atoms. The molecule has 0 aliphatic rings. The van der Waals surface area contributed by atoms with E-state index >= 15 is 0 Å². The topological polar surface area (TPSA) is 62.9 Å². The Morgan fingerprint density at radius 3 is 2.26 bits per heavy atom. The van der Waals surface area contributed by atoms with Gasteiger partial charge in [-0.05, 0) is 18.6 Å². The molecule has 108 valence electrons. The van der Waals surface area contributed by atoms with Crippen molar-refractivity contribution in [1.82, 2.24) is 0 Å². The van der Waals surface area contributed by atoms with E-state index in [1.165, 1.54) is 0 Å². The molecular weight excluding hydrogens is 246 g/mol. The Bertz CT molecular complexity index is 357. The summed E-state index contributed by atoms with van der Waals surface area (Å²) in [5.41, 5.74) is 7.60. The highest BCUT2D eigenvalue weighted by Gasteiger charge is 2.01. The van der Waals surface area contributed by atoms with Crippen LogP contribution in [0.25, 0.3) is 0 Å². The van der Waals surface area contributed by atoms with E-state index in [2.05, 4.69) is 0 Å². The summed E-state index contributed by atoms with van der Waals surface area (Å²) < 4.78 is 21.0. The van der Waals surface area contributed by atoms with Gasteiger partial charge >= 0.3 is 0 Å². The van der Waals surface area contributed by atoms with E-state index in [1.54, 1.807) is 7.11 Å². The highest BCUT2D eigenvalue weighted by Crippen LogP contribution is 2.23. The summed E-state index contributed by atoms with van der Waals surface area (Å²) in [6.45, 7) is 5.26. The molecule has 1 aromatic carbocycles. The number of benzene rings is 1. The van der Waals surface area contributed by atoms with Crippen LogP contribution in [0.4, 0.5) is 5.69 Å². The van der Waals surface area contributed by atoms with Crippen LogP contribution in [-0.4, -0.2) is 46.8 Å². The Kier molecular flexibility index (Phi) is 7.97. The number of nitrogen functional groups attached to an aromatic ring is 1. The molecule has 1 aromatic rings. The molecule has 1 rings (SSSR count). The van der Waals surface area contributed by atoms with Crippen LogP contribution in [0.15, 0.2) is 18.2 Å². The van der Waals surface area contributed by atoms with Crippen molar-refractivity contribution in [3.8, 4) is 5.75 Å². The van der Waals surface area contributed by atoms with Crippen molar-refractivity contribution >= 4 is 5.69 Å². The van der Waals surface area contributed by atoms with Gasteiger partial charge < -0.3 is 24.7 Å². The van der Waals surface area contributed by atoms with Crippen molar-refractivity contribution in [2.24, 2.45) is 0 Å². The summed E-state index contributed by atoms with van der Waals surface area (Å²) in [6.07, 6.45) is 0. The first-order chi connectivity index (χ1) is 9.25. The molecule has 0 saturated heterocycles. The zero-order chi connectivity index (χ0) is 13.9. The first-order valence-electron chi connectivity index (χ1n) is 6.38. The van der Waals surface area contributed by atoms with Crippen LogP contribution < -0.4 is 10.5 Å². The van der Waals surface area contributed by atoms with Crippen molar-refractivity contribution in [2.75, 3.05) is 52.5 Å². The predicted molar refractivity (Wildman–Crippen MR) is 74.6 cm³/mol. The van der Waals surface area contributed by atoms with E-state index in [9.17, 15) is 0 Å². The summed E-state index contributed by atoms with van der Waals surface area (Å²) in [5, 5.41) is 0. The van der Waals surface area contributed by atoms with Gasteiger partial charge in [-0.25, -0.2) is 0 Å². The van der Waals surface area contributed by atoms with E-state index in [0.717, 1.165) is 5.56 Å². The standard InChI is InChI=1S/C14H23NO4/c1-12-4-3-5-13(14(12)15)19-11-10-18-9-8-17-7-6-16-2/h3-5H,6-11,15H2,1-2H3. The summed E-state index contributed by atoms with van der Waals surface area (Å²) in [7, 11) is 1.65. The van der Waals surface area contributed by atoms with Crippen LogP contribution in [0.3, 0.4) is 0 Å². The van der Waals surface area contributed by atoms with Gasteiger partial charge in [-0.3, -0.25) is 0 Å². The molecule has 0 saturated carbocycles. The number of ether oxygens (including phenoxy) is 4. The third-order valence-electron chi connectivity index (χ3n) is 2.57. The smallest absolute Gasteiger partial charge is 0.142 e. The van der Waals surface area contributed by atoms with E-state index in [1.807, 2.05) is 25.1 Å². The molecule has 0 aromatic heterocycles. The molecule has 0 amide bonds. The second kappa shape index (κ2) is 9.61. The van der Waals surface area contributed by atoms with Crippen molar-refractivity contribution in [3.05, 3.63) is 23.8 Å². The zero-order valence-electron chi connectivity index (χ0n) is 11.7. The number of methoxy groups -OCH3 is 1. The molecule has 0 aliphatic heterocycles. The quantitative estimate of drug-likeness (QED) is 0.517. The number of anilines is 1. The van der Waals surface area contributed by atoms with Gasteiger partial charge in [-0.15, -0.1) is 0 Å². The van der Waals surface area contributed by atoms with Gasteiger partial charge in [0.2, 0.25) is 0 Å². The summed E-state index contributed by atoms with van der Waals surface area (Å²) in [5.74, 6) is 0.708. The van der Waals surface area contributed by atoms with Gasteiger partial charge in [-0.2, -0.15) is 0 Å². The summed E-state index contributed by atoms with van der Waals surface area (Å²) in [6, 6.07) is 5.73. The molecule has 0 unspecified atom stereocenters. The van der Waals surface area contributed by atoms with Gasteiger partial charge in [-0.1, -0.05) is 12.1 Å². The number of nitrogens with two attached hydrogens (primary N) is 1. The summed E-state index contributed by atoms with van der Waals surface area (Å²) in [4.78, 5) is 0. The van der Waals surface area contributed by atoms with Gasteiger partial charge in [0, 0.05) is 7.11 Å². The lowest BCUT2D eigenvalue weighted by atomic mass is 10.2. The van der Waals surface area contributed by atoms with E-state index in [-0.39, 0.29) is 0 Å². The molecule has 0 spiro atoms. The number of aryl methyl sites for hydroxylation is 1. The molecule has 0 fully saturated rings. The van der Waals surface area contributed by atoms with Crippen LogP contribution in [0.1, 0.15) is 5.56 Å². The third kappa shape index (κ3) is 6.42. The lowest BCUT2D eigenvalue weighted by Gasteiger charge is -2.10. The van der Waals surface area contributed by atoms with Gasteiger partial charge in [0.1, 0.15) is 12.4 Å². The van der Waals surface area contributed by atoms with Crippen molar-refractivity contribution in [3.63, 3.8) is 0 Å². The van der Waals surface area contributed by atoms with Crippen LogP contribution >= 0.6 is 0 Å². The lowest BCUT2D eigenvalue weighted by molar-refractivity contribution is 0.0180. The molecule has 0 radical (unpaired) electrons. The second-order valence-corrected chi connectivity index (χ2v) is 4.05. The number of hydrogen-bond donors (Lipinski definition) is 1. The fourth-order valence-corrected chi connectivity index (χ4v) is 1.45. The van der Waals surface area contributed by atoms with Crippen LogP contribution in [0.5, 0.6) is 5.75 Å². The first kappa shape index (κ1) is 15.8. The van der Waals surface area contributed by atoms with Crippen molar-refractivity contribution in [2.45, 2.75) is 6.92 Å². The van der Waals surface area contributed by atoms with E-state index in [4.69, 9.17) is 24.7 Å². The third-order valence-corrected chi connectivity index (χ3v) is 2.57.